The maximum Gasteiger partial charge on any atom is 0.422 e. The highest BCUT2D eigenvalue weighted by Gasteiger charge is 2.38. The quantitative estimate of drug-likeness (QED) is 0.676. The SMILES string of the molecule is CC(C)(C)N(Cc1ccc(C(F)(F)F)c([N+](=O)[O-])c1)C(=O)O. The van der Waals surface area contributed by atoms with Gasteiger partial charge in [0.2, 0.25) is 0 Å². The Kier molecular flexibility index (Phi) is 4.69. The first-order valence-electron chi connectivity index (χ1n) is 6.19. The molecule has 1 aromatic carbocycles. The summed E-state index contributed by atoms with van der Waals surface area (Å²) in [6, 6.07) is 2.39. The van der Waals surface area contributed by atoms with E-state index in [0.717, 1.165) is 17.0 Å². The molecule has 0 radical (unpaired) electrons. The Morgan fingerprint density at radius 1 is 1.32 bits per heavy atom. The number of carboxylic acid groups (broad SMARTS) is 1. The minimum Gasteiger partial charge on any atom is -0.465 e. The van der Waals surface area contributed by atoms with Gasteiger partial charge in [0.1, 0.15) is 5.56 Å². The topological polar surface area (TPSA) is 83.7 Å². The molecule has 0 fully saturated rings. The van der Waals surface area contributed by atoms with Crippen molar-refractivity contribution in [3.63, 3.8) is 0 Å². The molecule has 0 aromatic heterocycles. The highest BCUT2D eigenvalue weighted by atomic mass is 19.4. The minimum atomic E-state index is -4.85. The second-order valence-corrected chi connectivity index (χ2v) is 5.65. The van der Waals surface area contributed by atoms with Crippen LogP contribution in [0.1, 0.15) is 31.9 Å². The van der Waals surface area contributed by atoms with Crippen molar-refractivity contribution in [3.8, 4) is 0 Å². The average Bonchev–Trinajstić information content (AvgIpc) is 2.32. The Morgan fingerprint density at radius 3 is 2.23 bits per heavy atom. The fourth-order valence-electron chi connectivity index (χ4n) is 1.84. The maximum absolute atomic E-state index is 12.7. The molecule has 0 unspecified atom stereocenters. The predicted molar refractivity (Wildman–Crippen MR) is 71.4 cm³/mol. The molecule has 0 atom stereocenters. The molecule has 6 nitrogen and oxygen atoms in total. The Hall–Kier alpha value is -2.32. The van der Waals surface area contributed by atoms with Crippen LogP contribution in [0.15, 0.2) is 18.2 Å². The summed E-state index contributed by atoms with van der Waals surface area (Å²) in [5.74, 6) is 0. The lowest BCUT2D eigenvalue weighted by Gasteiger charge is -2.33. The minimum absolute atomic E-state index is 0.108. The number of hydrogen-bond donors (Lipinski definition) is 1. The number of rotatable bonds is 3. The molecule has 1 aromatic rings. The summed E-state index contributed by atoms with van der Waals surface area (Å²) < 4.78 is 38.1. The lowest BCUT2D eigenvalue weighted by Crippen LogP contribution is -2.44. The van der Waals surface area contributed by atoms with Crippen molar-refractivity contribution in [1.82, 2.24) is 4.90 Å². The monoisotopic (exact) mass is 320 g/mol. The lowest BCUT2D eigenvalue weighted by atomic mass is 10.0. The standard InChI is InChI=1S/C13H15F3N2O4/c1-12(2,3)17(11(19)20)7-8-4-5-9(13(14,15)16)10(6-8)18(21)22/h4-6H,7H2,1-3H3,(H,19,20). The Morgan fingerprint density at radius 2 is 1.86 bits per heavy atom. The summed E-state index contributed by atoms with van der Waals surface area (Å²) in [5.41, 5.74) is -3.15. The number of hydrogen-bond acceptors (Lipinski definition) is 3. The number of carbonyl (C=O) groups is 1. The van der Waals surface area contributed by atoms with E-state index in [0.29, 0.717) is 6.07 Å². The molecule has 22 heavy (non-hydrogen) atoms. The number of benzene rings is 1. The van der Waals surface area contributed by atoms with Crippen LogP contribution in [0.4, 0.5) is 23.7 Å². The molecule has 1 N–H and O–H groups in total. The average molecular weight is 320 g/mol. The molecule has 1 rings (SSSR count). The molecule has 9 heteroatoms. The van der Waals surface area contributed by atoms with Crippen LogP contribution in [0.3, 0.4) is 0 Å². The Balaban J connectivity index is 3.26. The molecule has 0 heterocycles. The van der Waals surface area contributed by atoms with Gasteiger partial charge in [-0.25, -0.2) is 4.79 Å². The molecule has 1 amide bonds. The van der Waals surface area contributed by atoms with Crippen LogP contribution >= 0.6 is 0 Å². The Bertz CT molecular complexity index is 594. The van der Waals surface area contributed by atoms with Crippen LogP contribution in [0.25, 0.3) is 0 Å². The van der Waals surface area contributed by atoms with Crippen LogP contribution in [0, 0.1) is 10.1 Å². The van der Waals surface area contributed by atoms with Gasteiger partial charge in [-0.1, -0.05) is 6.07 Å². The number of alkyl halides is 3. The highest BCUT2D eigenvalue weighted by Crippen LogP contribution is 2.36. The van der Waals surface area contributed by atoms with Gasteiger partial charge in [0, 0.05) is 18.2 Å². The van der Waals surface area contributed by atoms with Gasteiger partial charge in [0.25, 0.3) is 5.69 Å². The maximum atomic E-state index is 12.7. The van der Waals surface area contributed by atoms with E-state index in [2.05, 4.69) is 0 Å². The van der Waals surface area contributed by atoms with E-state index in [1.54, 1.807) is 20.8 Å². The third-order valence-corrected chi connectivity index (χ3v) is 2.95. The largest absolute Gasteiger partial charge is 0.465 e. The fourth-order valence-corrected chi connectivity index (χ4v) is 1.84. The van der Waals surface area contributed by atoms with Crippen molar-refractivity contribution >= 4 is 11.8 Å². The molecule has 0 aliphatic heterocycles. The number of nitrogens with zero attached hydrogens (tertiary/aromatic N) is 2. The third-order valence-electron chi connectivity index (χ3n) is 2.95. The number of halogens is 3. The van der Waals surface area contributed by atoms with E-state index >= 15 is 0 Å². The molecule has 0 spiro atoms. The van der Waals surface area contributed by atoms with Gasteiger partial charge in [0.05, 0.1) is 4.92 Å². The van der Waals surface area contributed by atoms with Crippen LogP contribution in [-0.2, 0) is 12.7 Å². The van der Waals surface area contributed by atoms with Crippen molar-refractivity contribution in [3.05, 3.63) is 39.4 Å². The number of nitro benzene ring substituents is 1. The Labute approximate surface area is 124 Å². The smallest absolute Gasteiger partial charge is 0.422 e. The highest BCUT2D eigenvalue weighted by molar-refractivity contribution is 5.66. The second kappa shape index (κ2) is 5.82. The molecule has 0 bridgehead atoms. The van der Waals surface area contributed by atoms with E-state index in [4.69, 9.17) is 5.11 Å². The van der Waals surface area contributed by atoms with Gasteiger partial charge >= 0.3 is 12.3 Å². The summed E-state index contributed by atoms with van der Waals surface area (Å²) in [5, 5.41) is 20.0. The fraction of sp³-hybridized carbons (Fsp3) is 0.462. The second-order valence-electron chi connectivity index (χ2n) is 5.65. The zero-order valence-corrected chi connectivity index (χ0v) is 12.1. The first-order chi connectivity index (χ1) is 9.84. The van der Waals surface area contributed by atoms with Gasteiger partial charge in [-0.15, -0.1) is 0 Å². The molecule has 0 aliphatic carbocycles. The van der Waals surface area contributed by atoms with Crippen molar-refractivity contribution in [1.29, 1.82) is 0 Å². The lowest BCUT2D eigenvalue weighted by molar-refractivity contribution is -0.388. The van der Waals surface area contributed by atoms with Gasteiger partial charge in [0.15, 0.2) is 0 Å². The van der Waals surface area contributed by atoms with Crippen LogP contribution in [-0.4, -0.2) is 26.6 Å². The summed E-state index contributed by atoms with van der Waals surface area (Å²) in [7, 11) is 0. The van der Waals surface area contributed by atoms with Crippen LogP contribution in [0.5, 0.6) is 0 Å². The molecule has 0 aliphatic rings. The van der Waals surface area contributed by atoms with Gasteiger partial charge < -0.3 is 5.11 Å². The van der Waals surface area contributed by atoms with E-state index < -0.39 is 34.0 Å². The van der Waals surface area contributed by atoms with E-state index in [9.17, 15) is 28.1 Å². The zero-order chi connectivity index (χ0) is 17.3. The number of amides is 1. The van der Waals surface area contributed by atoms with Crippen molar-refractivity contribution < 1.29 is 28.0 Å². The summed E-state index contributed by atoms with van der Waals surface area (Å²) >= 11 is 0. The summed E-state index contributed by atoms with van der Waals surface area (Å²) in [6.45, 7) is 4.58. The first-order valence-corrected chi connectivity index (χ1v) is 6.19. The molecular formula is C13H15F3N2O4. The first kappa shape index (κ1) is 17.7. The van der Waals surface area contributed by atoms with Crippen molar-refractivity contribution in [2.75, 3.05) is 0 Å². The molecule has 0 saturated carbocycles. The molecular weight excluding hydrogens is 305 g/mol. The van der Waals surface area contributed by atoms with Gasteiger partial charge in [-0.05, 0) is 32.4 Å². The third kappa shape index (κ3) is 4.09. The normalized spacial score (nSPS) is 12.1. The van der Waals surface area contributed by atoms with Gasteiger partial charge in [-0.2, -0.15) is 13.2 Å². The van der Waals surface area contributed by atoms with Crippen molar-refractivity contribution in [2.45, 2.75) is 39.0 Å². The van der Waals surface area contributed by atoms with E-state index in [1.807, 2.05) is 0 Å². The van der Waals surface area contributed by atoms with Crippen LogP contribution < -0.4 is 0 Å². The predicted octanol–water partition coefficient (Wildman–Crippen LogP) is 3.89. The number of nitro groups is 1. The molecule has 0 saturated heterocycles. The van der Waals surface area contributed by atoms with Crippen molar-refractivity contribution in [2.24, 2.45) is 0 Å². The van der Waals surface area contributed by atoms with Crippen LogP contribution in [0.2, 0.25) is 0 Å². The van der Waals surface area contributed by atoms with E-state index in [-0.39, 0.29) is 12.1 Å². The van der Waals surface area contributed by atoms with E-state index in [1.165, 1.54) is 0 Å². The summed E-state index contributed by atoms with van der Waals surface area (Å²) in [4.78, 5) is 21.9. The zero-order valence-electron chi connectivity index (χ0n) is 12.1. The molecule has 122 valence electrons. The van der Waals surface area contributed by atoms with Gasteiger partial charge in [-0.3, -0.25) is 15.0 Å². The summed E-state index contributed by atoms with van der Waals surface area (Å²) in [6.07, 6.45) is -6.12.